The van der Waals surface area contributed by atoms with Crippen molar-refractivity contribution in [1.82, 2.24) is 10.5 Å². The molecule has 4 heteroatoms. The number of hydrogen-bond acceptors (Lipinski definition) is 3. The van der Waals surface area contributed by atoms with Gasteiger partial charge in [-0.25, -0.2) is 0 Å². The third kappa shape index (κ3) is 2.29. The van der Waals surface area contributed by atoms with Crippen LogP contribution >= 0.6 is 0 Å². The van der Waals surface area contributed by atoms with Crippen molar-refractivity contribution in [1.29, 1.82) is 0 Å². The largest absolute Gasteiger partial charge is 0.361 e. The van der Waals surface area contributed by atoms with Crippen molar-refractivity contribution in [2.24, 2.45) is 17.8 Å². The molecule has 1 amide bonds. The fourth-order valence-electron chi connectivity index (χ4n) is 5.52. The van der Waals surface area contributed by atoms with Crippen LogP contribution in [-0.2, 0) is 11.2 Å². The van der Waals surface area contributed by atoms with Gasteiger partial charge in [-0.15, -0.1) is 0 Å². The van der Waals surface area contributed by atoms with E-state index in [0.717, 1.165) is 34.8 Å². The van der Waals surface area contributed by atoms with E-state index < -0.39 is 0 Å². The standard InChI is InChI=1S/C17H24N2O2/c1-10-15(11(2)21-19-10)6-16(20)18-17-7-12-3-13(8-17)5-14(4-12)9-17/h12-14H,3-9H2,1-2H3,(H,18,20). The van der Waals surface area contributed by atoms with E-state index in [9.17, 15) is 4.79 Å². The van der Waals surface area contributed by atoms with Gasteiger partial charge in [0.25, 0.3) is 0 Å². The van der Waals surface area contributed by atoms with E-state index in [0.29, 0.717) is 6.42 Å². The van der Waals surface area contributed by atoms with Crippen LogP contribution in [0.5, 0.6) is 0 Å². The van der Waals surface area contributed by atoms with Gasteiger partial charge in [-0.05, 0) is 70.1 Å². The molecule has 4 aliphatic rings. The molecule has 0 spiro atoms. The number of carbonyl (C=O) groups excluding carboxylic acids is 1. The summed E-state index contributed by atoms with van der Waals surface area (Å²) < 4.78 is 5.16. The third-order valence-corrected chi connectivity index (χ3v) is 5.96. The molecule has 4 bridgehead atoms. The maximum atomic E-state index is 12.5. The molecular weight excluding hydrogens is 264 g/mol. The minimum absolute atomic E-state index is 0.102. The summed E-state index contributed by atoms with van der Waals surface area (Å²) in [6.07, 6.45) is 8.21. The molecule has 4 saturated carbocycles. The highest BCUT2D eigenvalue weighted by Gasteiger charge is 2.51. The van der Waals surface area contributed by atoms with Gasteiger partial charge in [0.15, 0.2) is 0 Å². The first kappa shape index (κ1) is 13.4. The van der Waals surface area contributed by atoms with Gasteiger partial charge in [0.1, 0.15) is 5.76 Å². The molecule has 21 heavy (non-hydrogen) atoms. The van der Waals surface area contributed by atoms with Gasteiger partial charge in [-0.2, -0.15) is 0 Å². The maximum absolute atomic E-state index is 12.5. The lowest BCUT2D eigenvalue weighted by molar-refractivity contribution is -0.126. The number of carbonyl (C=O) groups is 1. The van der Waals surface area contributed by atoms with Crippen LogP contribution in [0.1, 0.15) is 55.5 Å². The molecule has 4 aliphatic carbocycles. The molecule has 0 unspecified atom stereocenters. The van der Waals surface area contributed by atoms with Crippen molar-refractivity contribution in [3.63, 3.8) is 0 Å². The van der Waals surface area contributed by atoms with Crippen LogP contribution < -0.4 is 5.32 Å². The summed E-state index contributed by atoms with van der Waals surface area (Å²) >= 11 is 0. The first-order chi connectivity index (χ1) is 10.0. The molecule has 1 aromatic rings. The Morgan fingerprint density at radius 3 is 2.24 bits per heavy atom. The van der Waals surface area contributed by atoms with Crippen LogP contribution in [0.2, 0.25) is 0 Å². The highest BCUT2D eigenvalue weighted by atomic mass is 16.5. The molecule has 1 aromatic heterocycles. The second kappa shape index (κ2) is 4.59. The smallest absolute Gasteiger partial charge is 0.225 e. The first-order valence-electron chi connectivity index (χ1n) is 8.26. The minimum Gasteiger partial charge on any atom is -0.361 e. The van der Waals surface area contributed by atoms with Gasteiger partial charge in [-0.1, -0.05) is 5.16 Å². The Balaban J connectivity index is 1.47. The highest BCUT2D eigenvalue weighted by Crippen LogP contribution is 2.55. The Kier molecular flexibility index (Phi) is 2.92. The Labute approximate surface area is 125 Å². The van der Waals surface area contributed by atoms with Crippen molar-refractivity contribution in [3.8, 4) is 0 Å². The number of amides is 1. The van der Waals surface area contributed by atoms with Crippen molar-refractivity contribution in [3.05, 3.63) is 17.0 Å². The molecule has 0 saturated heterocycles. The number of nitrogens with one attached hydrogen (secondary N) is 1. The van der Waals surface area contributed by atoms with E-state index >= 15 is 0 Å². The third-order valence-electron chi connectivity index (χ3n) is 5.96. The summed E-state index contributed by atoms with van der Waals surface area (Å²) in [5.41, 5.74) is 1.90. The summed E-state index contributed by atoms with van der Waals surface area (Å²) in [6.45, 7) is 3.79. The first-order valence-corrected chi connectivity index (χ1v) is 8.26. The van der Waals surface area contributed by atoms with Crippen molar-refractivity contribution in [2.75, 3.05) is 0 Å². The van der Waals surface area contributed by atoms with Crippen molar-refractivity contribution >= 4 is 5.91 Å². The summed E-state index contributed by atoms with van der Waals surface area (Å²) in [7, 11) is 0. The van der Waals surface area contributed by atoms with Gasteiger partial charge >= 0.3 is 0 Å². The molecule has 0 aromatic carbocycles. The molecule has 0 radical (unpaired) electrons. The zero-order chi connectivity index (χ0) is 14.6. The second-order valence-electron chi connectivity index (χ2n) is 7.73. The fourth-order valence-corrected chi connectivity index (χ4v) is 5.52. The highest BCUT2D eigenvalue weighted by molar-refractivity contribution is 5.79. The van der Waals surface area contributed by atoms with Gasteiger partial charge in [0.05, 0.1) is 12.1 Å². The molecule has 0 atom stereocenters. The second-order valence-corrected chi connectivity index (χ2v) is 7.73. The predicted molar refractivity (Wildman–Crippen MR) is 78.7 cm³/mol. The topological polar surface area (TPSA) is 55.1 Å². The normalized spacial score (nSPS) is 37.0. The Morgan fingerprint density at radius 1 is 1.19 bits per heavy atom. The molecule has 5 rings (SSSR count). The van der Waals surface area contributed by atoms with E-state index in [2.05, 4.69) is 10.5 Å². The Morgan fingerprint density at radius 2 is 1.76 bits per heavy atom. The molecule has 114 valence electrons. The van der Waals surface area contributed by atoms with Crippen LogP contribution in [0.3, 0.4) is 0 Å². The van der Waals surface area contributed by atoms with E-state index in [1.54, 1.807) is 0 Å². The Hall–Kier alpha value is -1.32. The van der Waals surface area contributed by atoms with Crippen LogP contribution in [0.25, 0.3) is 0 Å². The summed E-state index contributed by atoms with van der Waals surface area (Å²) in [5.74, 6) is 3.49. The van der Waals surface area contributed by atoms with E-state index in [-0.39, 0.29) is 11.4 Å². The zero-order valence-corrected chi connectivity index (χ0v) is 12.9. The van der Waals surface area contributed by atoms with E-state index in [1.807, 2.05) is 13.8 Å². The van der Waals surface area contributed by atoms with Gasteiger partial charge in [-0.3, -0.25) is 4.79 Å². The van der Waals surface area contributed by atoms with E-state index in [4.69, 9.17) is 4.52 Å². The number of hydrogen-bond donors (Lipinski definition) is 1. The van der Waals surface area contributed by atoms with Gasteiger partial charge < -0.3 is 9.84 Å². The van der Waals surface area contributed by atoms with Crippen molar-refractivity contribution < 1.29 is 9.32 Å². The van der Waals surface area contributed by atoms with Gasteiger partial charge in [0, 0.05) is 11.1 Å². The average molecular weight is 288 g/mol. The SMILES string of the molecule is Cc1noc(C)c1CC(=O)NC12CC3CC(CC(C3)C1)C2. The lowest BCUT2D eigenvalue weighted by atomic mass is 9.53. The molecule has 0 aliphatic heterocycles. The van der Waals surface area contributed by atoms with Crippen LogP contribution in [-0.4, -0.2) is 16.6 Å². The molecule has 4 nitrogen and oxygen atoms in total. The van der Waals surface area contributed by atoms with Crippen LogP contribution in [0, 0.1) is 31.6 Å². The molecule has 4 fully saturated rings. The fraction of sp³-hybridized carbons (Fsp3) is 0.765. The van der Waals surface area contributed by atoms with Crippen LogP contribution in [0.15, 0.2) is 4.52 Å². The molecule has 1 N–H and O–H groups in total. The number of rotatable bonds is 3. The van der Waals surface area contributed by atoms with Crippen LogP contribution in [0.4, 0.5) is 0 Å². The molecule has 1 heterocycles. The summed E-state index contributed by atoms with van der Waals surface area (Å²) in [5, 5.41) is 7.35. The quantitative estimate of drug-likeness (QED) is 0.930. The predicted octanol–water partition coefficient (Wildman–Crippen LogP) is 2.92. The molecular formula is C17H24N2O2. The summed E-state index contributed by atoms with van der Waals surface area (Å²) in [6, 6.07) is 0. The zero-order valence-electron chi connectivity index (χ0n) is 12.9. The van der Waals surface area contributed by atoms with Crippen molar-refractivity contribution in [2.45, 2.75) is 64.3 Å². The number of aryl methyl sites for hydroxylation is 2. The maximum Gasteiger partial charge on any atom is 0.225 e. The number of nitrogens with zero attached hydrogens (tertiary/aromatic N) is 1. The number of aromatic nitrogens is 1. The minimum atomic E-state index is 0.102. The Bertz CT molecular complexity index is 521. The monoisotopic (exact) mass is 288 g/mol. The van der Waals surface area contributed by atoms with Gasteiger partial charge in [0.2, 0.25) is 5.91 Å². The lowest BCUT2D eigenvalue weighted by Gasteiger charge is -2.56. The average Bonchev–Trinajstić information content (AvgIpc) is 2.68. The lowest BCUT2D eigenvalue weighted by Crippen LogP contribution is -2.60. The summed E-state index contributed by atoms with van der Waals surface area (Å²) in [4.78, 5) is 12.5. The van der Waals surface area contributed by atoms with E-state index in [1.165, 1.54) is 38.5 Å².